The van der Waals surface area contributed by atoms with Crippen LogP contribution in [0.2, 0.25) is 0 Å². The van der Waals surface area contributed by atoms with Crippen LogP contribution in [0.15, 0.2) is 36.4 Å². The maximum Gasteiger partial charge on any atom is 0.203 e. The summed E-state index contributed by atoms with van der Waals surface area (Å²) in [6.07, 6.45) is 0. The number of methoxy groups -OCH3 is 3. The van der Waals surface area contributed by atoms with Crippen molar-refractivity contribution in [1.82, 2.24) is 10.2 Å². The Kier molecular flexibility index (Phi) is 4.88. The fraction of sp³-hybridized carbons (Fsp3) is 0.211. The number of aromatic nitrogens is 2. The third kappa shape index (κ3) is 3.37. The fourth-order valence-corrected chi connectivity index (χ4v) is 2.64. The lowest BCUT2D eigenvalue weighted by molar-refractivity contribution is 0.324. The van der Waals surface area contributed by atoms with Gasteiger partial charge >= 0.3 is 0 Å². The first kappa shape index (κ1) is 17.5. The van der Waals surface area contributed by atoms with Gasteiger partial charge in [0.15, 0.2) is 17.3 Å². The smallest absolute Gasteiger partial charge is 0.203 e. The molecule has 0 spiro atoms. The summed E-state index contributed by atoms with van der Waals surface area (Å²) >= 11 is 0. The molecule has 2 aromatic carbocycles. The lowest BCUT2D eigenvalue weighted by atomic mass is 10.1. The second-order valence-corrected chi connectivity index (χ2v) is 5.78. The average Bonchev–Trinajstić information content (AvgIpc) is 3.11. The first-order valence-electron chi connectivity index (χ1n) is 8.04. The van der Waals surface area contributed by atoms with Crippen molar-refractivity contribution in [2.75, 3.05) is 32.4 Å². The molecule has 7 heteroatoms. The molecule has 7 nitrogen and oxygen atoms in total. The topological polar surface area (TPSA) is 94.4 Å². The molecule has 3 aromatic rings. The van der Waals surface area contributed by atoms with Crippen LogP contribution in [0.1, 0.15) is 5.56 Å². The van der Waals surface area contributed by atoms with E-state index in [1.807, 2.05) is 43.3 Å². The van der Waals surface area contributed by atoms with Crippen LogP contribution >= 0.6 is 0 Å². The van der Waals surface area contributed by atoms with E-state index in [4.69, 9.17) is 19.9 Å². The van der Waals surface area contributed by atoms with E-state index in [1.165, 1.54) is 0 Å². The third-order valence-electron chi connectivity index (χ3n) is 4.11. The second-order valence-electron chi connectivity index (χ2n) is 5.78. The van der Waals surface area contributed by atoms with Crippen molar-refractivity contribution >= 4 is 17.2 Å². The highest BCUT2D eigenvalue weighted by Gasteiger charge is 2.14. The number of anilines is 3. The van der Waals surface area contributed by atoms with Crippen molar-refractivity contribution in [2.45, 2.75) is 6.92 Å². The summed E-state index contributed by atoms with van der Waals surface area (Å²) in [6.45, 7) is 1.98. The lowest BCUT2D eigenvalue weighted by Gasteiger charge is -2.14. The summed E-state index contributed by atoms with van der Waals surface area (Å²) in [5.74, 6) is 2.33. The Morgan fingerprint density at radius 1 is 0.962 bits per heavy atom. The molecule has 0 aliphatic carbocycles. The van der Waals surface area contributed by atoms with Crippen molar-refractivity contribution in [2.24, 2.45) is 0 Å². The largest absolute Gasteiger partial charge is 0.493 e. The number of hydrogen-bond acceptors (Lipinski definition) is 6. The second kappa shape index (κ2) is 7.26. The zero-order valence-corrected chi connectivity index (χ0v) is 15.2. The Bertz CT molecular complexity index is 896. The van der Waals surface area contributed by atoms with Crippen LogP contribution in [0.3, 0.4) is 0 Å². The molecule has 0 aliphatic heterocycles. The van der Waals surface area contributed by atoms with Gasteiger partial charge in [-0.3, -0.25) is 5.10 Å². The molecule has 0 bridgehead atoms. The molecule has 0 amide bonds. The monoisotopic (exact) mass is 354 g/mol. The van der Waals surface area contributed by atoms with Crippen molar-refractivity contribution in [1.29, 1.82) is 0 Å². The molecule has 4 N–H and O–H groups in total. The van der Waals surface area contributed by atoms with E-state index in [0.717, 1.165) is 28.2 Å². The Balaban J connectivity index is 1.88. The van der Waals surface area contributed by atoms with E-state index in [0.29, 0.717) is 23.1 Å². The molecule has 3 rings (SSSR count). The van der Waals surface area contributed by atoms with E-state index in [9.17, 15) is 0 Å². The number of hydrogen-bond donors (Lipinski definition) is 3. The number of nitrogen functional groups attached to an aromatic ring is 1. The Labute approximate surface area is 152 Å². The predicted molar refractivity (Wildman–Crippen MR) is 103 cm³/mol. The van der Waals surface area contributed by atoms with Crippen LogP contribution in [0, 0.1) is 6.92 Å². The van der Waals surface area contributed by atoms with E-state index in [-0.39, 0.29) is 0 Å². The molecule has 0 saturated carbocycles. The minimum absolute atomic E-state index is 0.540. The molecule has 1 aromatic heterocycles. The lowest BCUT2D eigenvalue weighted by Crippen LogP contribution is -1.98. The highest BCUT2D eigenvalue weighted by Crippen LogP contribution is 2.40. The Hall–Kier alpha value is -3.35. The minimum Gasteiger partial charge on any atom is -0.493 e. The normalized spacial score (nSPS) is 10.5. The van der Waals surface area contributed by atoms with Crippen LogP contribution in [0.25, 0.3) is 11.3 Å². The zero-order valence-electron chi connectivity index (χ0n) is 15.2. The summed E-state index contributed by atoms with van der Waals surface area (Å²) in [5, 5.41) is 10.5. The fourth-order valence-electron chi connectivity index (χ4n) is 2.64. The molecule has 0 fully saturated rings. The number of nitrogens with two attached hydrogens (primary N) is 1. The van der Waals surface area contributed by atoms with Crippen LogP contribution in [-0.2, 0) is 0 Å². The quantitative estimate of drug-likeness (QED) is 0.584. The molecular weight excluding hydrogens is 332 g/mol. The van der Waals surface area contributed by atoms with Crippen molar-refractivity contribution in [3.8, 4) is 28.5 Å². The maximum atomic E-state index is 5.99. The third-order valence-corrected chi connectivity index (χ3v) is 4.11. The van der Waals surface area contributed by atoms with Gasteiger partial charge in [0.05, 0.1) is 27.0 Å². The SMILES string of the molecule is COc1cc(Nc2cc(-c3ccc(C)c(N)c3)[nH]n2)cc(OC)c1OC. The summed E-state index contributed by atoms with van der Waals surface area (Å²) in [5.41, 5.74) is 10.4. The number of ether oxygens (including phenoxy) is 3. The number of rotatable bonds is 6. The van der Waals surface area contributed by atoms with Crippen LogP contribution in [-0.4, -0.2) is 31.5 Å². The zero-order chi connectivity index (χ0) is 18.7. The molecule has 136 valence electrons. The van der Waals surface area contributed by atoms with Gasteiger partial charge in [-0.25, -0.2) is 0 Å². The number of nitrogens with one attached hydrogen (secondary N) is 2. The van der Waals surface area contributed by atoms with E-state index in [1.54, 1.807) is 21.3 Å². The number of aromatic amines is 1. The highest BCUT2D eigenvalue weighted by molar-refractivity contribution is 5.71. The van der Waals surface area contributed by atoms with Gasteiger partial charge in [-0.05, 0) is 18.6 Å². The number of aryl methyl sites for hydroxylation is 1. The van der Waals surface area contributed by atoms with Gasteiger partial charge in [-0.15, -0.1) is 0 Å². The number of H-pyrrole nitrogens is 1. The Morgan fingerprint density at radius 2 is 1.65 bits per heavy atom. The number of benzene rings is 2. The predicted octanol–water partition coefficient (Wildman–Crippen LogP) is 3.74. The van der Waals surface area contributed by atoms with E-state index < -0.39 is 0 Å². The van der Waals surface area contributed by atoms with Gasteiger partial charge in [-0.2, -0.15) is 5.10 Å². The van der Waals surface area contributed by atoms with Gasteiger partial charge < -0.3 is 25.3 Å². The van der Waals surface area contributed by atoms with Crippen LogP contribution < -0.4 is 25.3 Å². The van der Waals surface area contributed by atoms with E-state index >= 15 is 0 Å². The minimum atomic E-state index is 0.540. The standard InChI is InChI=1S/C19H22N4O3/c1-11-5-6-12(7-14(11)20)15-10-18(23-22-15)21-13-8-16(24-2)19(26-4)17(9-13)25-3/h5-10H,20H2,1-4H3,(H2,21,22,23). The molecule has 0 aliphatic rings. The van der Waals surface area contributed by atoms with Crippen molar-refractivity contribution < 1.29 is 14.2 Å². The van der Waals surface area contributed by atoms with Crippen molar-refractivity contribution in [3.63, 3.8) is 0 Å². The average molecular weight is 354 g/mol. The first-order chi connectivity index (χ1) is 12.5. The maximum absolute atomic E-state index is 5.99. The molecule has 26 heavy (non-hydrogen) atoms. The van der Waals surface area contributed by atoms with Gasteiger partial charge in [0, 0.05) is 35.1 Å². The van der Waals surface area contributed by atoms with Gasteiger partial charge in [0.25, 0.3) is 0 Å². The van der Waals surface area contributed by atoms with Gasteiger partial charge in [-0.1, -0.05) is 12.1 Å². The van der Waals surface area contributed by atoms with Crippen LogP contribution in [0.4, 0.5) is 17.2 Å². The number of nitrogens with zero attached hydrogens (tertiary/aromatic N) is 1. The van der Waals surface area contributed by atoms with Gasteiger partial charge in [0.1, 0.15) is 0 Å². The van der Waals surface area contributed by atoms with Gasteiger partial charge in [0.2, 0.25) is 5.75 Å². The van der Waals surface area contributed by atoms with E-state index in [2.05, 4.69) is 15.5 Å². The molecule has 0 unspecified atom stereocenters. The molecular formula is C19H22N4O3. The molecule has 1 heterocycles. The summed E-state index contributed by atoms with van der Waals surface area (Å²) < 4.78 is 16.1. The summed E-state index contributed by atoms with van der Waals surface area (Å²) in [7, 11) is 4.73. The summed E-state index contributed by atoms with van der Waals surface area (Å²) in [6, 6.07) is 11.5. The molecule has 0 saturated heterocycles. The summed E-state index contributed by atoms with van der Waals surface area (Å²) in [4.78, 5) is 0. The first-order valence-corrected chi connectivity index (χ1v) is 8.04. The molecule has 0 radical (unpaired) electrons. The van der Waals surface area contributed by atoms with Crippen LogP contribution in [0.5, 0.6) is 17.2 Å². The Morgan fingerprint density at radius 3 is 2.23 bits per heavy atom. The molecule has 0 atom stereocenters. The van der Waals surface area contributed by atoms with Crippen molar-refractivity contribution in [3.05, 3.63) is 42.0 Å². The highest BCUT2D eigenvalue weighted by atomic mass is 16.5.